The Morgan fingerprint density at radius 2 is 2.00 bits per heavy atom. The van der Waals surface area contributed by atoms with Crippen LogP contribution in [0.3, 0.4) is 0 Å². The first-order valence-electron chi connectivity index (χ1n) is 6.45. The number of benzene rings is 1. The summed E-state index contributed by atoms with van der Waals surface area (Å²) >= 11 is 1.51. The zero-order valence-corrected chi connectivity index (χ0v) is 12.1. The molecule has 0 unspecified atom stereocenters. The number of carbonyl (C=O) groups is 1. The van der Waals surface area contributed by atoms with Gasteiger partial charge in [-0.2, -0.15) is 5.10 Å². The summed E-state index contributed by atoms with van der Waals surface area (Å²) in [5.74, 6) is -1.88. The van der Waals surface area contributed by atoms with Crippen molar-refractivity contribution in [2.45, 2.75) is 6.54 Å². The lowest BCUT2D eigenvalue weighted by Gasteiger charge is -2.05. The molecule has 0 spiro atoms. The number of thiophene rings is 1. The highest BCUT2D eigenvalue weighted by atomic mass is 32.1. The molecule has 2 N–H and O–H groups in total. The lowest BCUT2D eigenvalue weighted by atomic mass is 10.2. The SMILES string of the molecule is O=C(NCc1c(F)cccc1F)c1cc(-c2cccs2)[nH]n1. The van der Waals surface area contributed by atoms with Crippen LogP contribution in [0.15, 0.2) is 41.8 Å². The molecule has 0 aliphatic rings. The van der Waals surface area contributed by atoms with Crippen molar-refractivity contribution in [3.8, 4) is 10.6 Å². The molecule has 0 aliphatic heterocycles. The summed E-state index contributed by atoms with van der Waals surface area (Å²) in [4.78, 5) is 12.9. The van der Waals surface area contributed by atoms with Crippen LogP contribution in [0.4, 0.5) is 8.78 Å². The molecule has 0 aliphatic carbocycles. The summed E-state index contributed by atoms with van der Waals surface area (Å²) in [6.45, 7) is -0.238. The summed E-state index contributed by atoms with van der Waals surface area (Å²) in [6.07, 6.45) is 0. The van der Waals surface area contributed by atoms with E-state index in [1.165, 1.54) is 17.4 Å². The van der Waals surface area contributed by atoms with Crippen LogP contribution < -0.4 is 5.32 Å². The fraction of sp³-hybridized carbons (Fsp3) is 0.0667. The molecular weight excluding hydrogens is 308 g/mol. The number of nitrogens with one attached hydrogen (secondary N) is 2. The predicted octanol–water partition coefficient (Wildman–Crippen LogP) is 3.35. The average molecular weight is 319 g/mol. The van der Waals surface area contributed by atoms with Crippen molar-refractivity contribution in [3.05, 3.63) is 64.7 Å². The smallest absolute Gasteiger partial charge is 0.272 e. The molecule has 0 radical (unpaired) electrons. The van der Waals surface area contributed by atoms with E-state index in [1.807, 2.05) is 17.5 Å². The zero-order valence-electron chi connectivity index (χ0n) is 11.3. The molecule has 0 fully saturated rings. The molecule has 0 bridgehead atoms. The highest BCUT2D eigenvalue weighted by molar-refractivity contribution is 7.13. The number of nitrogens with zero attached hydrogens (tertiary/aromatic N) is 1. The first-order valence-corrected chi connectivity index (χ1v) is 7.33. The molecule has 2 aromatic heterocycles. The number of amides is 1. The summed E-state index contributed by atoms with van der Waals surface area (Å²) in [5, 5.41) is 11.0. The van der Waals surface area contributed by atoms with Gasteiger partial charge in [0, 0.05) is 12.1 Å². The van der Waals surface area contributed by atoms with Gasteiger partial charge < -0.3 is 5.32 Å². The van der Waals surface area contributed by atoms with E-state index in [9.17, 15) is 13.6 Å². The van der Waals surface area contributed by atoms with Gasteiger partial charge in [-0.15, -0.1) is 11.3 Å². The van der Waals surface area contributed by atoms with Gasteiger partial charge in [0.2, 0.25) is 0 Å². The third kappa shape index (κ3) is 2.89. The zero-order chi connectivity index (χ0) is 15.5. The van der Waals surface area contributed by atoms with E-state index in [-0.39, 0.29) is 17.8 Å². The van der Waals surface area contributed by atoms with Crippen molar-refractivity contribution in [1.82, 2.24) is 15.5 Å². The highest BCUT2D eigenvalue weighted by Crippen LogP contribution is 2.22. The summed E-state index contributed by atoms with van der Waals surface area (Å²) in [6, 6.07) is 8.95. The second-order valence-electron chi connectivity index (χ2n) is 4.53. The van der Waals surface area contributed by atoms with Crippen molar-refractivity contribution < 1.29 is 13.6 Å². The summed E-state index contributed by atoms with van der Waals surface area (Å²) in [5.41, 5.74) is 0.710. The molecule has 22 heavy (non-hydrogen) atoms. The third-order valence-electron chi connectivity index (χ3n) is 3.08. The standard InChI is InChI=1S/C15H11F2N3OS/c16-10-3-1-4-11(17)9(10)8-18-15(21)13-7-12(19-20-13)14-5-2-6-22-14/h1-7H,8H2,(H,18,21)(H,19,20). The lowest BCUT2D eigenvalue weighted by Crippen LogP contribution is -2.24. The van der Waals surface area contributed by atoms with Crippen molar-refractivity contribution in [3.63, 3.8) is 0 Å². The van der Waals surface area contributed by atoms with E-state index in [0.29, 0.717) is 0 Å². The molecule has 0 saturated carbocycles. The monoisotopic (exact) mass is 319 g/mol. The molecule has 0 saturated heterocycles. The molecule has 112 valence electrons. The van der Waals surface area contributed by atoms with Crippen molar-refractivity contribution in [2.24, 2.45) is 0 Å². The van der Waals surface area contributed by atoms with Crippen LogP contribution >= 0.6 is 11.3 Å². The van der Waals surface area contributed by atoms with Gasteiger partial charge in [-0.1, -0.05) is 12.1 Å². The number of hydrogen-bond acceptors (Lipinski definition) is 3. The van der Waals surface area contributed by atoms with Gasteiger partial charge in [-0.25, -0.2) is 8.78 Å². The molecule has 7 heteroatoms. The Hall–Kier alpha value is -2.54. The van der Waals surface area contributed by atoms with Gasteiger partial charge in [0.1, 0.15) is 11.6 Å². The van der Waals surface area contributed by atoms with E-state index < -0.39 is 17.5 Å². The number of rotatable bonds is 4. The minimum atomic E-state index is -0.693. The number of aromatic nitrogens is 2. The Morgan fingerprint density at radius 1 is 1.23 bits per heavy atom. The number of hydrogen-bond donors (Lipinski definition) is 2. The Labute approximate surface area is 128 Å². The maximum Gasteiger partial charge on any atom is 0.272 e. The van der Waals surface area contributed by atoms with Crippen molar-refractivity contribution in [2.75, 3.05) is 0 Å². The van der Waals surface area contributed by atoms with Gasteiger partial charge >= 0.3 is 0 Å². The van der Waals surface area contributed by atoms with Crippen LogP contribution in [0.1, 0.15) is 16.1 Å². The second-order valence-corrected chi connectivity index (χ2v) is 5.47. The Kier molecular flexibility index (Phi) is 3.97. The van der Waals surface area contributed by atoms with E-state index in [4.69, 9.17) is 0 Å². The normalized spacial score (nSPS) is 10.6. The molecule has 1 amide bonds. The molecule has 1 aromatic carbocycles. The van der Waals surface area contributed by atoms with Gasteiger partial charge in [0.25, 0.3) is 5.91 Å². The quantitative estimate of drug-likeness (QED) is 0.775. The van der Waals surface area contributed by atoms with Gasteiger partial charge in [-0.3, -0.25) is 9.89 Å². The Morgan fingerprint density at radius 3 is 2.68 bits per heavy atom. The average Bonchev–Trinajstić information content (AvgIpc) is 3.17. The number of aromatic amines is 1. The number of carbonyl (C=O) groups excluding carboxylic acids is 1. The van der Waals surface area contributed by atoms with Crippen LogP contribution in [-0.4, -0.2) is 16.1 Å². The first-order chi connectivity index (χ1) is 10.6. The van der Waals surface area contributed by atoms with Crippen LogP contribution in [0.5, 0.6) is 0 Å². The number of H-pyrrole nitrogens is 1. The fourth-order valence-corrected chi connectivity index (χ4v) is 2.65. The minimum absolute atomic E-state index is 0.167. The van der Waals surface area contributed by atoms with Crippen molar-refractivity contribution in [1.29, 1.82) is 0 Å². The highest BCUT2D eigenvalue weighted by Gasteiger charge is 2.14. The van der Waals surface area contributed by atoms with Crippen LogP contribution in [0, 0.1) is 11.6 Å². The van der Waals surface area contributed by atoms with Gasteiger partial charge in [-0.05, 0) is 29.6 Å². The van der Waals surface area contributed by atoms with E-state index in [0.717, 1.165) is 22.7 Å². The van der Waals surface area contributed by atoms with Gasteiger partial charge in [0.15, 0.2) is 5.69 Å². The summed E-state index contributed by atoms with van der Waals surface area (Å²) in [7, 11) is 0. The molecular formula is C15H11F2N3OS. The maximum absolute atomic E-state index is 13.5. The van der Waals surface area contributed by atoms with E-state index in [1.54, 1.807) is 6.07 Å². The number of halogens is 2. The predicted molar refractivity (Wildman–Crippen MR) is 79.4 cm³/mol. The van der Waals surface area contributed by atoms with E-state index >= 15 is 0 Å². The van der Waals surface area contributed by atoms with E-state index in [2.05, 4.69) is 15.5 Å². The molecule has 3 aromatic rings. The molecule has 3 rings (SSSR count). The molecule has 0 atom stereocenters. The Balaban J connectivity index is 1.70. The largest absolute Gasteiger partial charge is 0.346 e. The Bertz CT molecular complexity index is 779. The topological polar surface area (TPSA) is 57.8 Å². The third-order valence-corrected chi connectivity index (χ3v) is 3.99. The second kappa shape index (κ2) is 6.07. The van der Waals surface area contributed by atoms with Crippen LogP contribution in [0.2, 0.25) is 0 Å². The first kappa shape index (κ1) is 14.4. The fourth-order valence-electron chi connectivity index (χ4n) is 1.96. The molecule has 2 heterocycles. The van der Waals surface area contributed by atoms with Crippen LogP contribution in [-0.2, 0) is 6.54 Å². The van der Waals surface area contributed by atoms with Crippen LogP contribution in [0.25, 0.3) is 10.6 Å². The van der Waals surface area contributed by atoms with Crippen molar-refractivity contribution >= 4 is 17.2 Å². The van der Waals surface area contributed by atoms with Gasteiger partial charge in [0.05, 0.1) is 10.6 Å². The maximum atomic E-state index is 13.5. The summed E-state index contributed by atoms with van der Waals surface area (Å²) < 4.78 is 27.0. The molecule has 4 nitrogen and oxygen atoms in total. The minimum Gasteiger partial charge on any atom is -0.346 e. The lowest BCUT2D eigenvalue weighted by molar-refractivity contribution is 0.0945.